The minimum absolute atomic E-state index is 0.271. The SMILES string of the molecule is CCNC1CCCC1Oc1cccc2cccnc12. The number of rotatable bonds is 4. The fraction of sp³-hybridized carbons (Fsp3) is 0.438. The molecule has 0 aliphatic heterocycles. The standard InChI is InChI=1S/C16H20N2O/c1-2-17-13-8-4-9-14(13)19-15-10-3-6-12-7-5-11-18-16(12)15/h3,5-7,10-11,13-14,17H,2,4,8-9H2,1H3. The minimum atomic E-state index is 0.271. The summed E-state index contributed by atoms with van der Waals surface area (Å²) < 4.78 is 6.23. The molecule has 2 aromatic rings. The molecule has 2 unspecified atom stereocenters. The number of fused-ring (bicyclic) bond motifs is 1. The third-order valence-electron chi connectivity index (χ3n) is 3.79. The van der Waals surface area contributed by atoms with Crippen LogP contribution in [0.15, 0.2) is 36.5 Å². The highest BCUT2D eigenvalue weighted by Crippen LogP contribution is 2.29. The smallest absolute Gasteiger partial charge is 0.146 e. The average Bonchev–Trinajstić information content (AvgIpc) is 2.87. The van der Waals surface area contributed by atoms with E-state index in [0.29, 0.717) is 6.04 Å². The normalized spacial score (nSPS) is 22.8. The zero-order valence-electron chi connectivity index (χ0n) is 11.3. The maximum absolute atomic E-state index is 6.23. The van der Waals surface area contributed by atoms with Gasteiger partial charge in [0, 0.05) is 17.6 Å². The van der Waals surface area contributed by atoms with Gasteiger partial charge >= 0.3 is 0 Å². The number of likely N-dealkylation sites (N-methyl/N-ethyl adjacent to an activating group) is 1. The second-order valence-electron chi connectivity index (χ2n) is 5.08. The molecule has 0 saturated heterocycles. The van der Waals surface area contributed by atoms with Crippen LogP contribution < -0.4 is 10.1 Å². The Morgan fingerprint density at radius 1 is 1.26 bits per heavy atom. The quantitative estimate of drug-likeness (QED) is 0.912. The van der Waals surface area contributed by atoms with E-state index in [0.717, 1.165) is 29.6 Å². The van der Waals surface area contributed by atoms with Gasteiger partial charge in [-0.05, 0) is 37.9 Å². The summed E-state index contributed by atoms with van der Waals surface area (Å²) in [4.78, 5) is 4.45. The van der Waals surface area contributed by atoms with E-state index in [1.807, 2.05) is 24.4 Å². The summed E-state index contributed by atoms with van der Waals surface area (Å²) in [6.07, 6.45) is 5.66. The molecule has 0 spiro atoms. The Morgan fingerprint density at radius 2 is 2.16 bits per heavy atom. The summed E-state index contributed by atoms with van der Waals surface area (Å²) in [5.74, 6) is 0.910. The van der Waals surface area contributed by atoms with Crippen LogP contribution in [-0.2, 0) is 0 Å². The Morgan fingerprint density at radius 3 is 3.05 bits per heavy atom. The van der Waals surface area contributed by atoms with Crippen LogP contribution in [0.2, 0.25) is 0 Å². The van der Waals surface area contributed by atoms with Gasteiger partial charge in [0.15, 0.2) is 0 Å². The molecule has 1 saturated carbocycles. The molecule has 1 N–H and O–H groups in total. The van der Waals surface area contributed by atoms with E-state index >= 15 is 0 Å². The molecule has 1 aromatic carbocycles. The summed E-state index contributed by atoms with van der Waals surface area (Å²) in [6.45, 7) is 3.15. The summed E-state index contributed by atoms with van der Waals surface area (Å²) in [7, 11) is 0. The monoisotopic (exact) mass is 256 g/mol. The van der Waals surface area contributed by atoms with Crippen LogP contribution >= 0.6 is 0 Å². The molecular weight excluding hydrogens is 236 g/mol. The topological polar surface area (TPSA) is 34.1 Å². The van der Waals surface area contributed by atoms with E-state index < -0.39 is 0 Å². The number of ether oxygens (including phenoxy) is 1. The number of nitrogens with zero attached hydrogens (tertiary/aromatic N) is 1. The molecule has 2 atom stereocenters. The van der Waals surface area contributed by atoms with Gasteiger partial charge in [-0.25, -0.2) is 0 Å². The van der Waals surface area contributed by atoms with Crippen molar-refractivity contribution in [2.24, 2.45) is 0 Å². The van der Waals surface area contributed by atoms with Gasteiger partial charge in [-0.15, -0.1) is 0 Å². The van der Waals surface area contributed by atoms with Gasteiger partial charge in [0.05, 0.1) is 0 Å². The van der Waals surface area contributed by atoms with Gasteiger partial charge in [-0.3, -0.25) is 4.98 Å². The first-order valence-corrected chi connectivity index (χ1v) is 7.12. The van der Waals surface area contributed by atoms with Crippen molar-refractivity contribution in [2.45, 2.75) is 38.3 Å². The number of hydrogen-bond donors (Lipinski definition) is 1. The maximum atomic E-state index is 6.23. The Hall–Kier alpha value is -1.61. The molecule has 1 fully saturated rings. The van der Waals surface area contributed by atoms with Crippen molar-refractivity contribution in [1.29, 1.82) is 0 Å². The van der Waals surface area contributed by atoms with Crippen LogP contribution in [0.5, 0.6) is 5.75 Å². The highest BCUT2D eigenvalue weighted by atomic mass is 16.5. The highest BCUT2D eigenvalue weighted by molar-refractivity contribution is 5.84. The lowest BCUT2D eigenvalue weighted by Gasteiger charge is -2.22. The van der Waals surface area contributed by atoms with Gasteiger partial charge in [0.2, 0.25) is 0 Å². The number of pyridine rings is 1. The maximum Gasteiger partial charge on any atom is 0.146 e. The van der Waals surface area contributed by atoms with E-state index in [2.05, 4.69) is 29.4 Å². The summed E-state index contributed by atoms with van der Waals surface area (Å²) in [6, 6.07) is 10.7. The van der Waals surface area contributed by atoms with Crippen molar-refractivity contribution in [3.63, 3.8) is 0 Å². The van der Waals surface area contributed by atoms with Crippen LogP contribution in [0.3, 0.4) is 0 Å². The van der Waals surface area contributed by atoms with E-state index in [4.69, 9.17) is 4.74 Å². The Kier molecular flexibility index (Phi) is 3.65. The fourth-order valence-electron chi connectivity index (χ4n) is 2.90. The molecule has 1 heterocycles. The fourth-order valence-corrected chi connectivity index (χ4v) is 2.90. The molecule has 0 amide bonds. The predicted octanol–water partition coefficient (Wildman–Crippen LogP) is 3.14. The van der Waals surface area contributed by atoms with Gasteiger partial charge in [-0.1, -0.05) is 25.1 Å². The average molecular weight is 256 g/mol. The molecule has 100 valence electrons. The number of para-hydroxylation sites is 1. The van der Waals surface area contributed by atoms with Crippen molar-refractivity contribution in [2.75, 3.05) is 6.54 Å². The Bertz CT molecular complexity index is 550. The first-order chi connectivity index (χ1) is 9.38. The molecule has 19 heavy (non-hydrogen) atoms. The van der Waals surface area contributed by atoms with E-state index in [1.54, 1.807) is 0 Å². The zero-order chi connectivity index (χ0) is 13.1. The number of aromatic nitrogens is 1. The molecule has 1 aliphatic rings. The van der Waals surface area contributed by atoms with E-state index in [9.17, 15) is 0 Å². The van der Waals surface area contributed by atoms with Gasteiger partial charge in [0.25, 0.3) is 0 Å². The molecule has 3 heteroatoms. The molecule has 0 bridgehead atoms. The van der Waals surface area contributed by atoms with E-state index in [1.165, 1.54) is 12.8 Å². The van der Waals surface area contributed by atoms with Crippen LogP contribution in [0.1, 0.15) is 26.2 Å². The van der Waals surface area contributed by atoms with Crippen molar-refractivity contribution in [1.82, 2.24) is 10.3 Å². The lowest BCUT2D eigenvalue weighted by Crippen LogP contribution is -2.38. The summed E-state index contributed by atoms with van der Waals surface area (Å²) in [5.41, 5.74) is 0.965. The summed E-state index contributed by atoms with van der Waals surface area (Å²) >= 11 is 0. The molecule has 1 aliphatic carbocycles. The lowest BCUT2D eigenvalue weighted by molar-refractivity contribution is 0.178. The van der Waals surface area contributed by atoms with Gasteiger partial charge < -0.3 is 10.1 Å². The van der Waals surface area contributed by atoms with Crippen molar-refractivity contribution in [3.05, 3.63) is 36.5 Å². The zero-order valence-corrected chi connectivity index (χ0v) is 11.3. The second kappa shape index (κ2) is 5.57. The van der Waals surface area contributed by atoms with Gasteiger partial charge in [-0.2, -0.15) is 0 Å². The van der Waals surface area contributed by atoms with Crippen LogP contribution in [0, 0.1) is 0 Å². The molecule has 3 rings (SSSR count). The largest absolute Gasteiger partial charge is 0.487 e. The number of benzene rings is 1. The van der Waals surface area contributed by atoms with Crippen molar-refractivity contribution < 1.29 is 4.74 Å². The van der Waals surface area contributed by atoms with Crippen LogP contribution in [-0.4, -0.2) is 23.7 Å². The lowest BCUT2D eigenvalue weighted by atomic mass is 10.2. The van der Waals surface area contributed by atoms with Crippen LogP contribution in [0.4, 0.5) is 0 Å². The Labute approximate surface area is 114 Å². The van der Waals surface area contributed by atoms with Crippen LogP contribution in [0.25, 0.3) is 10.9 Å². The molecule has 0 radical (unpaired) electrons. The molecule has 3 nitrogen and oxygen atoms in total. The van der Waals surface area contributed by atoms with Crippen molar-refractivity contribution in [3.8, 4) is 5.75 Å². The third-order valence-corrected chi connectivity index (χ3v) is 3.79. The molecular formula is C16H20N2O. The minimum Gasteiger partial charge on any atom is -0.487 e. The number of nitrogens with one attached hydrogen (secondary N) is 1. The van der Waals surface area contributed by atoms with Crippen molar-refractivity contribution >= 4 is 10.9 Å². The molecule has 1 aromatic heterocycles. The number of hydrogen-bond acceptors (Lipinski definition) is 3. The first kappa shape index (κ1) is 12.4. The highest BCUT2D eigenvalue weighted by Gasteiger charge is 2.28. The second-order valence-corrected chi connectivity index (χ2v) is 5.08. The predicted molar refractivity (Wildman–Crippen MR) is 77.5 cm³/mol. The van der Waals surface area contributed by atoms with Gasteiger partial charge in [0.1, 0.15) is 17.4 Å². The first-order valence-electron chi connectivity index (χ1n) is 7.12. The van der Waals surface area contributed by atoms with E-state index in [-0.39, 0.29) is 6.10 Å². The Balaban J connectivity index is 1.85. The summed E-state index contributed by atoms with van der Waals surface area (Å²) in [5, 5.41) is 4.65. The third kappa shape index (κ3) is 2.56.